The largest absolute Gasteiger partial charge is 0.490 e. The molecule has 1 aromatic carbocycles. The van der Waals surface area contributed by atoms with E-state index in [2.05, 4.69) is 0 Å². The van der Waals surface area contributed by atoms with E-state index in [0.29, 0.717) is 19.5 Å². The third-order valence-corrected chi connectivity index (χ3v) is 2.78. The number of hydrogen-bond acceptors (Lipinski definition) is 4. The number of halogens is 1. The van der Waals surface area contributed by atoms with Gasteiger partial charge in [-0.3, -0.25) is 4.79 Å². The first kappa shape index (κ1) is 12.0. The molecule has 4 nitrogen and oxygen atoms in total. The van der Waals surface area contributed by atoms with Crippen LogP contribution in [-0.2, 0) is 4.74 Å². The molecule has 2 rings (SSSR count). The Balaban J connectivity index is 2.01. The van der Waals surface area contributed by atoms with Crippen LogP contribution in [0.4, 0.5) is 4.39 Å². The van der Waals surface area contributed by atoms with Crippen LogP contribution in [0.15, 0.2) is 18.2 Å². The molecule has 1 heterocycles. The first-order valence-electron chi connectivity index (χ1n) is 5.25. The van der Waals surface area contributed by atoms with Crippen molar-refractivity contribution in [3.05, 3.63) is 29.6 Å². The third-order valence-electron chi connectivity index (χ3n) is 2.78. The zero-order chi connectivity index (χ0) is 12.3. The predicted molar refractivity (Wildman–Crippen MR) is 57.6 cm³/mol. The summed E-state index contributed by atoms with van der Waals surface area (Å²) in [6, 6.07) is 4.00. The molecule has 0 radical (unpaired) electrons. The van der Waals surface area contributed by atoms with Gasteiger partial charge in [0, 0.05) is 5.56 Å². The zero-order valence-electron chi connectivity index (χ0n) is 9.19. The highest BCUT2D eigenvalue weighted by atomic mass is 19.1. The molecular formula is C12H13FO4. The summed E-state index contributed by atoms with van der Waals surface area (Å²) in [7, 11) is 0. The first-order valence-corrected chi connectivity index (χ1v) is 5.25. The van der Waals surface area contributed by atoms with Crippen molar-refractivity contribution in [2.24, 2.45) is 5.41 Å². The van der Waals surface area contributed by atoms with Gasteiger partial charge < -0.3 is 14.6 Å². The van der Waals surface area contributed by atoms with Crippen LogP contribution in [0.3, 0.4) is 0 Å². The fourth-order valence-electron chi connectivity index (χ4n) is 1.55. The summed E-state index contributed by atoms with van der Waals surface area (Å²) in [6.45, 7) is 0.969. The molecule has 1 fully saturated rings. The lowest BCUT2D eigenvalue weighted by Crippen LogP contribution is -2.50. The van der Waals surface area contributed by atoms with Crippen molar-refractivity contribution in [3.8, 4) is 5.75 Å². The summed E-state index contributed by atoms with van der Waals surface area (Å²) in [4.78, 5) is 10.4. The number of aldehydes is 1. The van der Waals surface area contributed by atoms with E-state index >= 15 is 0 Å². The summed E-state index contributed by atoms with van der Waals surface area (Å²) in [5.74, 6) is -0.502. The normalized spacial score (nSPS) is 17.3. The number of rotatable bonds is 5. The lowest BCUT2D eigenvalue weighted by Gasteiger charge is -2.39. The molecule has 5 heteroatoms. The number of aliphatic hydroxyl groups is 1. The fraction of sp³-hybridized carbons (Fsp3) is 0.417. The average molecular weight is 240 g/mol. The monoisotopic (exact) mass is 240 g/mol. The van der Waals surface area contributed by atoms with Gasteiger partial charge in [0.25, 0.3) is 0 Å². The first-order chi connectivity index (χ1) is 8.19. The molecule has 0 saturated carbocycles. The summed E-state index contributed by atoms with van der Waals surface area (Å²) < 4.78 is 23.8. The van der Waals surface area contributed by atoms with E-state index in [4.69, 9.17) is 14.6 Å². The molecule has 1 aliphatic rings. The molecule has 92 valence electrons. The van der Waals surface area contributed by atoms with Crippen LogP contribution >= 0.6 is 0 Å². The minimum atomic E-state index is -0.581. The van der Waals surface area contributed by atoms with Crippen LogP contribution in [0.1, 0.15) is 10.4 Å². The van der Waals surface area contributed by atoms with Crippen molar-refractivity contribution < 1.29 is 23.8 Å². The zero-order valence-corrected chi connectivity index (χ0v) is 9.19. The van der Waals surface area contributed by atoms with Crippen molar-refractivity contribution in [2.75, 3.05) is 26.4 Å². The van der Waals surface area contributed by atoms with Gasteiger partial charge in [-0.15, -0.1) is 0 Å². The van der Waals surface area contributed by atoms with E-state index in [1.165, 1.54) is 12.1 Å². The van der Waals surface area contributed by atoms with Gasteiger partial charge in [-0.2, -0.15) is 0 Å². The molecular weight excluding hydrogens is 227 g/mol. The minimum absolute atomic E-state index is 0.0545. The topological polar surface area (TPSA) is 55.8 Å². The Morgan fingerprint density at radius 1 is 1.53 bits per heavy atom. The maximum Gasteiger partial charge on any atom is 0.165 e. The Labute approximate surface area is 98.0 Å². The lowest BCUT2D eigenvalue weighted by molar-refractivity contribution is -0.153. The van der Waals surface area contributed by atoms with Gasteiger partial charge >= 0.3 is 0 Å². The summed E-state index contributed by atoms with van der Waals surface area (Å²) in [6.07, 6.45) is 0.571. The van der Waals surface area contributed by atoms with Crippen molar-refractivity contribution in [2.45, 2.75) is 0 Å². The van der Waals surface area contributed by atoms with E-state index in [0.717, 1.165) is 6.07 Å². The van der Waals surface area contributed by atoms with Gasteiger partial charge in [0.05, 0.1) is 25.2 Å². The summed E-state index contributed by atoms with van der Waals surface area (Å²) >= 11 is 0. The maximum absolute atomic E-state index is 13.5. The Morgan fingerprint density at radius 2 is 2.29 bits per heavy atom. The fourth-order valence-corrected chi connectivity index (χ4v) is 1.55. The number of aliphatic hydroxyl groups excluding tert-OH is 1. The molecule has 0 aliphatic carbocycles. The molecule has 0 spiro atoms. The van der Waals surface area contributed by atoms with E-state index < -0.39 is 11.2 Å². The molecule has 0 atom stereocenters. The number of carbonyl (C=O) groups excluding carboxylic acids is 1. The summed E-state index contributed by atoms with van der Waals surface area (Å²) in [5.41, 5.74) is -0.158. The van der Waals surface area contributed by atoms with E-state index in [9.17, 15) is 9.18 Å². The minimum Gasteiger partial charge on any atom is -0.490 e. The van der Waals surface area contributed by atoms with Gasteiger partial charge in [0.2, 0.25) is 0 Å². The number of ether oxygens (including phenoxy) is 2. The van der Waals surface area contributed by atoms with Crippen LogP contribution < -0.4 is 4.74 Å². The standard InChI is InChI=1S/C12H13FO4/c13-10-3-9(4-14)1-2-11(10)17-8-12(5-15)6-16-7-12/h1-4,15H,5-8H2. The molecule has 0 amide bonds. The smallest absolute Gasteiger partial charge is 0.165 e. The Morgan fingerprint density at radius 3 is 2.76 bits per heavy atom. The second kappa shape index (κ2) is 4.81. The molecule has 1 aromatic rings. The Kier molecular flexibility index (Phi) is 3.40. The van der Waals surface area contributed by atoms with Crippen LogP contribution in [0.25, 0.3) is 0 Å². The van der Waals surface area contributed by atoms with Gasteiger partial charge in [0.1, 0.15) is 12.9 Å². The van der Waals surface area contributed by atoms with Gasteiger partial charge in [0.15, 0.2) is 11.6 Å². The van der Waals surface area contributed by atoms with Crippen LogP contribution in [0.2, 0.25) is 0 Å². The van der Waals surface area contributed by atoms with Gasteiger partial charge in [-0.25, -0.2) is 4.39 Å². The van der Waals surface area contributed by atoms with Crippen LogP contribution in [0, 0.1) is 11.2 Å². The van der Waals surface area contributed by atoms with Crippen LogP contribution in [-0.4, -0.2) is 37.8 Å². The molecule has 1 N–H and O–H groups in total. The highest BCUT2D eigenvalue weighted by molar-refractivity contribution is 5.74. The van der Waals surface area contributed by atoms with Gasteiger partial charge in [-0.05, 0) is 18.2 Å². The second-order valence-corrected chi connectivity index (χ2v) is 4.25. The van der Waals surface area contributed by atoms with Crippen molar-refractivity contribution in [1.82, 2.24) is 0 Å². The van der Waals surface area contributed by atoms with E-state index in [-0.39, 0.29) is 24.5 Å². The van der Waals surface area contributed by atoms with Crippen molar-refractivity contribution in [3.63, 3.8) is 0 Å². The lowest BCUT2D eigenvalue weighted by atomic mass is 9.88. The molecule has 1 aliphatic heterocycles. The maximum atomic E-state index is 13.5. The number of carbonyl (C=O) groups is 1. The second-order valence-electron chi connectivity index (χ2n) is 4.25. The van der Waals surface area contributed by atoms with E-state index in [1.54, 1.807) is 0 Å². The molecule has 0 aromatic heterocycles. The highest BCUT2D eigenvalue weighted by Gasteiger charge is 2.39. The average Bonchev–Trinajstić information content (AvgIpc) is 2.30. The van der Waals surface area contributed by atoms with E-state index in [1.807, 2.05) is 0 Å². The highest BCUT2D eigenvalue weighted by Crippen LogP contribution is 2.28. The molecule has 1 saturated heterocycles. The molecule has 0 unspecified atom stereocenters. The van der Waals surface area contributed by atoms with Crippen molar-refractivity contribution in [1.29, 1.82) is 0 Å². The molecule has 0 bridgehead atoms. The van der Waals surface area contributed by atoms with Gasteiger partial charge in [-0.1, -0.05) is 0 Å². The Bertz CT molecular complexity index is 409. The number of benzene rings is 1. The predicted octanol–water partition coefficient (Wildman–Crippen LogP) is 1.03. The number of hydrogen-bond donors (Lipinski definition) is 1. The van der Waals surface area contributed by atoms with Crippen molar-refractivity contribution >= 4 is 6.29 Å². The quantitative estimate of drug-likeness (QED) is 0.781. The Hall–Kier alpha value is -1.46. The summed E-state index contributed by atoms with van der Waals surface area (Å²) in [5, 5.41) is 9.17. The SMILES string of the molecule is O=Cc1ccc(OCC2(CO)COC2)c(F)c1. The molecule has 17 heavy (non-hydrogen) atoms. The van der Waals surface area contributed by atoms with Crippen LogP contribution in [0.5, 0.6) is 5.75 Å². The third kappa shape index (κ3) is 2.45.